The minimum atomic E-state index is -1.63. The van der Waals surface area contributed by atoms with Crippen LogP contribution in [0, 0.1) is 22.2 Å². The molecule has 0 aliphatic carbocycles. The summed E-state index contributed by atoms with van der Waals surface area (Å²) in [5.41, 5.74) is -1.10. The first-order valence-electron chi connectivity index (χ1n) is 16.9. The Hall–Kier alpha value is -4.49. The van der Waals surface area contributed by atoms with E-state index in [1.165, 1.54) is 0 Å². The zero-order chi connectivity index (χ0) is 37.5. The molecule has 2 aliphatic heterocycles. The van der Waals surface area contributed by atoms with Gasteiger partial charge in [0, 0.05) is 40.9 Å². The molecular formula is C39H45N2O9P. The summed E-state index contributed by atoms with van der Waals surface area (Å²) in [6.45, 7) is 18.9. The molecule has 0 saturated carbocycles. The Labute approximate surface area is 300 Å². The van der Waals surface area contributed by atoms with Gasteiger partial charge in [-0.1, -0.05) is 0 Å². The normalized spacial score (nSPS) is 15.0. The number of esters is 3. The maximum atomic E-state index is 13.9. The van der Waals surface area contributed by atoms with Gasteiger partial charge in [-0.2, -0.15) is 5.26 Å². The van der Waals surface area contributed by atoms with Gasteiger partial charge in [0.05, 0.1) is 35.5 Å². The fourth-order valence-electron chi connectivity index (χ4n) is 5.74. The summed E-state index contributed by atoms with van der Waals surface area (Å²) in [7, 11) is -1.63. The topological polar surface area (TPSA) is 134 Å². The van der Waals surface area contributed by atoms with Crippen molar-refractivity contribution in [3.05, 3.63) is 76.9 Å². The van der Waals surface area contributed by atoms with E-state index in [9.17, 15) is 14.4 Å². The molecular weight excluding hydrogens is 671 g/mol. The smallest absolute Gasteiger partial charge is 0.340 e. The van der Waals surface area contributed by atoms with Crippen LogP contribution in [0.2, 0.25) is 0 Å². The second kappa shape index (κ2) is 14.3. The van der Waals surface area contributed by atoms with E-state index in [2.05, 4.69) is 10.7 Å². The predicted molar refractivity (Wildman–Crippen MR) is 191 cm³/mol. The summed E-state index contributed by atoms with van der Waals surface area (Å²) in [4.78, 5) is 39.4. The number of benzene rings is 3. The Kier molecular flexibility index (Phi) is 10.6. The molecule has 51 heavy (non-hydrogen) atoms. The Balaban J connectivity index is 1.61. The fourth-order valence-corrected chi connectivity index (χ4v) is 7.32. The van der Waals surface area contributed by atoms with E-state index >= 15 is 0 Å². The third kappa shape index (κ3) is 7.59. The standard InChI is InChI=1S/C39H45N2O9P/c1-23(2)41(24(3)4)51(45-19-11-18-40)50-27-14-15-29-28(20-27)34(42)49-39(29)30-16-12-25(46-35(43)37(5,6)7)21-32(30)48-33-22-26(13-17-31(33)39)47-36(44)38(8,9)10/h12-17,20-24H,11,19H2,1-10H3. The summed E-state index contributed by atoms with van der Waals surface area (Å²) in [6.07, 6.45) is 0.209. The van der Waals surface area contributed by atoms with Crippen LogP contribution >= 0.6 is 8.53 Å². The molecule has 0 amide bonds. The van der Waals surface area contributed by atoms with Crippen LogP contribution in [0.3, 0.4) is 0 Å². The van der Waals surface area contributed by atoms with Crippen LogP contribution < -0.4 is 18.7 Å². The number of fused-ring (bicyclic) bond motifs is 6. The van der Waals surface area contributed by atoms with Gasteiger partial charge in [-0.25, -0.2) is 9.46 Å². The van der Waals surface area contributed by atoms with Crippen LogP contribution in [0.5, 0.6) is 28.7 Å². The summed E-state index contributed by atoms with van der Waals surface area (Å²) in [5.74, 6) is 0.0429. The first-order valence-corrected chi connectivity index (χ1v) is 18.1. The lowest BCUT2D eigenvalue weighted by Gasteiger charge is -2.37. The van der Waals surface area contributed by atoms with E-state index in [1.807, 2.05) is 27.7 Å². The number of rotatable bonds is 10. The average Bonchev–Trinajstić information content (AvgIpc) is 3.31. The summed E-state index contributed by atoms with van der Waals surface area (Å²) >= 11 is 0. The average molecular weight is 717 g/mol. The number of nitriles is 1. The van der Waals surface area contributed by atoms with Gasteiger partial charge < -0.3 is 28.0 Å². The lowest BCUT2D eigenvalue weighted by atomic mass is 9.77. The molecule has 1 spiro atoms. The lowest BCUT2D eigenvalue weighted by Crippen LogP contribution is -2.34. The third-order valence-corrected chi connectivity index (χ3v) is 10.3. The van der Waals surface area contributed by atoms with Gasteiger partial charge in [-0.3, -0.25) is 9.59 Å². The minimum absolute atomic E-state index is 0.0798. The fraction of sp³-hybridized carbons (Fsp3) is 0.436. The van der Waals surface area contributed by atoms with E-state index in [0.29, 0.717) is 33.9 Å². The zero-order valence-electron chi connectivity index (χ0n) is 30.8. The van der Waals surface area contributed by atoms with Crippen LogP contribution in [-0.4, -0.2) is 41.3 Å². The highest BCUT2D eigenvalue weighted by molar-refractivity contribution is 7.45. The molecule has 12 heteroatoms. The van der Waals surface area contributed by atoms with Crippen molar-refractivity contribution in [3.8, 4) is 34.8 Å². The number of hydrogen-bond donors (Lipinski definition) is 0. The van der Waals surface area contributed by atoms with Crippen molar-refractivity contribution in [2.45, 2.75) is 93.3 Å². The monoisotopic (exact) mass is 716 g/mol. The molecule has 0 radical (unpaired) electrons. The second-order valence-electron chi connectivity index (χ2n) is 15.1. The molecule has 11 nitrogen and oxygen atoms in total. The van der Waals surface area contributed by atoms with Gasteiger partial charge in [0.1, 0.15) is 28.7 Å². The van der Waals surface area contributed by atoms with Gasteiger partial charge in [-0.15, -0.1) is 0 Å². The molecule has 0 fully saturated rings. The third-order valence-electron chi connectivity index (χ3n) is 8.21. The van der Waals surface area contributed by atoms with E-state index < -0.39 is 42.9 Å². The minimum Gasteiger partial charge on any atom is -0.456 e. The molecule has 2 heterocycles. The molecule has 3 aromatic carbocycles. The lowest BCUT2D eigenvalue weighted by molar-refractivity contribution is -0.143. The SMILES string of the molecule is CC(C)N(C(C)C)P(OCCC#N)Oc1ccc2c(c1)C(=O)OC21c2ccc(OC(=O)C(C)(C)C)cc2Oc2cc(OC(=O)C(C)(C)C)ccc21. The first-order chi connectivity index (χ1) is 23.9. The van der Waals surface area contributed by atoms with Crippen molar-refractivity contribution in [2.24, 2.45) is 10.8 Å². The largest absolute Gasteiger partial charge is 0.456 e. The quantitative estimate of drug-likeness (QED) is 0.0862. The number of carbonyl (C=O) groups is 3. The van der Waals surface area contributed by atoms with E-state index in [4.69, 9.17) is 33.3 Å². The van der Waals surface area contributed by atoms with Crippen molar-refractivity contribution >= 4 is 26.4 Å². The van der Waals surface area contributed by atoms with E-state index in [-0.39, 0.29) is 42.2 Å². The molecule has 270 valence electrons. The van der Waals surface area contributed by atoms with E-state index in [0.717, 1.165) is 0 Å². The van der Waals surface area contributed by atoms with Crippen molar-refractivity contribution in [2.75, 3.05) is 6.61 Å². The Morgan fingerprint density at radius 2 is 1.29 bits per heavy atom. The Morgan fingerprint density at radius 1 is 0.804 bits per heavy atom. The maximum absolute atomic E-state index is 13.9. The first kappa shape index (κ1) is 37.8. The van der Waals surface area contributed by atoms with Crippen molar-refractivity contribution in [3.63, 3.8) is 0 Å². The number of carbonyl (C=O) groups excluding carboxylic acids is 3. The molecule has 0 aromatic heterocycles. The highest BCUT2D eigenvalue weighted by Crippen LogP contribution is 2.58. The van der Waals surface area contributed by atoms with Crippen molar-refractivity contribution in [1.29, 1.82) is 5.26 Å². The second-order valence-corrected chi connectivity index (χ2v) is 16.5. The molecule has 1 atom stereocenters. The van der Waals surface area contributed by atoms with Crippen molar-refractivity contribution in [1.82, 2.24) is 4.67 Å². The van der Waals surface area contributed by atoms with Crippen LogP contribution in [0.4, 0.5) is 0 Å². The highest BCUT2D eigenvalue weighted by Gasteiger charge is 2.54. The van der Waals surface area contributed by atoms with Crippen LogP contribution in [0.15, 0.2) is 54.6 Å². The number of hydrogen-bond acceptors (Lipinski definition) is 11. The summed E-state index contributed by atoms with van der Waals surface area (Å²) in [5, 5.41) is 9.11. The summed E-state index contributed by atoms with van der Waals surface area (Å²) in [6, 6.07) is 17.3. The van der Waals surface area contributed by atoms with Gasteiger partial charge in [0.2, 0.25) is 0 Å². The molecule has 2 aliphatic rings. The Bertz CT molecular complexity index is 1800. The van der Waals surface area contributed by atoms with Gasteiger partial charge >= 0.3 is 26.4 Å². The Morgan fingerprint density at radius 3 is 1.76 bits per heavy atom. The van der Waals surface area contributed by atoms with Crippen LogP contribution in [0.1, 0.15) is 103 Å². The van der Waals surface area contributed by atoms with Crippen molar-refractivity contribution < 1.29 is 42.4 Å². The highest BCUT2D eigenvalue weighted by atomic mass is 31.2. The zero-order valence-corrected chi connectivity index (χ0v) is 31.7. The maximum Gasteiger partial charge on any atom is 0.340 e. The molecule has 0 N–H and O–H groups in total. The van der Waals surface area contributed by atoms with Gasteiger partial charge in [0.25, 0.3) is 0 Å². The molecule has 0 bridgehead atoms. The van der Waals surface area contributed by atoms with E-state index in [1.54, 1.807) is 96.1 Å². The molecule has 1 unspecified atom stereocenters. The summed E-state index contributed by atoms with van der Waals surface area (Å²) < 4.78 is 38.7. The van der Waals surface area contributed by atoms with Crippen LogP contribution in [-0.2, 0) is 24.5 Å². The van der Waals surface area contributed by atoms with Gasteiger partial charge in [0.15, 0.2) is 5.60 Å². The van der Waals surface area contributed by atoms with Gasteiger partial charge in [-0.05, 0) is 112 Å². The number of nitrogens with zero attached hydrogens (tertiary/aromatic N) is 2. The predicted octanol–water partition coefficient (Wildman–Crippen LogP) is 8.81. The number of ether oxygens (including phenoxy) is 4. The van der Waals surface area contributed by atoms with Crippen LogP contribution in [0.25, 0.3) is 0 Å². The molecule has 5 rings (SSSR count). The molecule has 0 saturated heterocycles. The molecule has 3 aromatic rings.